The molecule has 0 unspecified atom stereocenters. The molecule has 0 saturated heterocycles. The number of aromatic nitrogens is 2. The second-order valence-electron chi connectivity index (χ2n) is 5.37. The molecule has 2 amide bonds. The number of nitrogens with zero attached hydrogens (tertiary/aromatic N) is 3. The first-order valence-electron chi connectivity index (χ1n) is 7.75. The average Bonchev–Trinajstić information content (AvgIpc) is 3.14. The van der Waals surface area contributed by atoms with Gasteiger partial charge in [-0.25, -0.2) is 9.42 Å². The Bertz CT molecular complexity index is 960. The number of benzene rings is 3. The molecule has 6 nitrogen and oxygen atoms in total. The number of para-hydroxylation sites is 2. The summed E-state index contributed by atoms with van der Waals surface area (Å²) in [4.78, 5) is 14.6. The highest BCUT2D eigenvalue weighted by molar-refractivity contribution is 6.09. The predicted molar refractivity (Wildman–Crippen MR) is 95.8 cm³/mol. The predicted octanol–water partition coefficient (Wildman–Crippen LogP) is 4.59. The molecule has 0 spiro atoms. The first-order chi connectivity index (χ1) is 12.3. The largest absolute Gasteiger partial charge is 0.331 e. The summed E-state index contributed by atoms with van der Waals surface area (Å²) >= 11 is 0. The molecule has 4 rings (SSSR count). The van der Waals surface area contributed by atoms with Gasteiger partial charge in [-0.15, -0.1) is 0 Å². The van der Waals surface area contributed by atoms with Crippen molar-refractivity contribution in [1.29, 1.82) is 0 Å². The first-order valence-corrected chi connectivity index (χ1v) is 7.75. The summed E-state index contributed by atoms with van der Waals surface area (Å²) in [5.74, 6) is 0. The van der Waals surface area contributed by atoms with Crippen LogP contribution in [0.5, 0.6) is 0 Å². The molecule has 0 fully saturated rings. The number of urea groups is 1. The fourth-order valence-electron chi connectivity index (χ4n) is 2.62. The Morgan fingerprint density at radius 1 is 0.800 bits per heavy atom. The molecule has 1 heterocycles. The number of carbonyl (C=O) groups excluding carboxylic acids is 1. The van der Waals surface area contributed by atoms with Crippen molar-refractivity contribution in [2.24, 2.45) is 0 Å². The first kappa shape index (κ1) is 14.9. The summed E-state index contributed by atoms with van der Waals surface area (Å²) in [7, 11) is 0. The summed E-state index contributed by atoms with van der Waals surface area (Å²) in [5, 5.41) is 10.5. The lowest BCUT2D eigenvalue weighted by atomic mass is 10.2. The second kappa shape index (κ2) is 6.45. The van der Waals surface area contributed by atoms with E-state index in [2.05, 4.69) is 15.6 Å². The van der Waals surface area contributed by atoms with Gasteiger partial charge in [0.1, 0.15) is 5.52 Å². The molecule has 1 aromatic heterocycles. The van der Waals surface area contributed by atoms with Crippen LogP contribution in [-0.4, -0.2) is 16.3 Å². The van der Waals surface area contributed by atoms with Crippen molar-refractivity contribution in [3.05, 3.63) is 78.9 Å². The maximum atomic E-state index is 13.0. The number of nitrogens with one attached hydrogen (secondary N) is 1. The Balaban J connectivity index is 1.72. The second-order valence-corrected chi connectivity index (χ2v) is 5.37. The van der Waals surface area contributed by atoms with E-state index in [9.17, 15) is 4.79 Å². The quantitative estimate of drug-likeness (QED) is 0.596. The third-order valence-electron chi connectivity index (χ3n) is 3.76. The molecule has 0 saturated carbocycles. The van der Waals surface area contributed by atoms with E-state index in [1.54, 1.807) is 23.1 Å². The summed E-state index contributed by atoms with van der Waals surface area (Å²) < 4.78 is 4.75. The smallest absolute Gasteiger partial charge is 0.305 e. The highest BCUT2D eigenvalue weighted by Gasteiger charge is 2.19. The van der Waals surface area contributed by atoms with Crippen molar-refractivity contribution >= 4 is 34.1 Å². The summed E-state index contributed by atoms with van der Waals surface area (Å²) in [6, 6.07) is 23.9. The van der Waals surface area contributed by atoms with Crippen LogP contribution in [0.2, 0.25) is 0 Å². The van der Waals surface area contributed by atoms with E-state index in [1.807, 2.05) is 60.7 Å². The summed E-state index contributed by atoms with van der Waals surface area (Å²) in [6.45, 7) is 0. The Kier molecular flexibility index (Phi) is 3.84. The molecule has 0 aliphatic heterocycles. The molecule has 6 heteroatoms. The van der Waals surface area contributed by atoms with Gasteiger partial charge in [0.15, 0.2) is 5.52 Å². The van der Waals surface area contributed by atoms with Crippen molar-refractivity contribution < 1.29 is 9.42 Å². The monoisotopic (exact) mass is 330 g/mol. The van der Waals surface area contributed by atoms with Crippen molar-refractivity contribution in [1.82, 2.24) is 10.3 Å². The number of fused-ring (bicyclic) bond motifs is 1. The van der Waals surface area contributed by atoms with Gasteiger partial charge in [0.25, 0.3) is 0 Å². The lowest BCUT2D eigenvalue weighted by molar-refractivity contribution is 0.259. The minimum Gasteiger partial charge on any atom is -0.305 e. The highest BCUT2D eigenvalue weighted by atomic mass is 16.6. The molecular formula is C19H14N4O2. The fourth-order valence-corrected chi connectivity index (χ4v) is 2.62. The van der Waals surface area contributed by atoms with Crippen LogP contribution in [0.25, 0.3) is 11.0 Å². The van der Waals surface area contributed by atoms with E-state index in [4.69, 9.17) is 4.63 Å². The van der Waals surface area contributed by atoms with Crippen LogP contribution in [0.4, 0.5) is 21.9 Å². The topological polar surface area (TPSA) is 71.3 Å². The molecule has 0 aliphatic rings. The SMILES string of the molecule is O=C(Nc1cccc2nonc12)N(c1ccccc1)c1ccccc1. The van der Waals surface area contributed by atoms with Crippen LogP contribution < -0.4 is 10.2 Å². The molecule has 3 aromatic carbocycles. The molecule has 1 N–H and O–H groups in total. The van der Waals surface area contributed by atoms with Gasteiger partial charge >= 0.3 is 6.03 Å². The van der Waals surface area contributed by atoms with Gasteiger partial charge in [0.2, 0.25) is 0 Å². The molecular weight excluding hydrogens is 316 g/mol. The zero-order chi connectivity index (χ0) is 17.1. The van der Waals surface area contributed by atoms with Gasteiger partial charge in [-0.1, -0.05) is 42.5 Å². The zero-order valence-corrected chi connectivity index (χ0v) is 13.2. The standard InChI is InChI=1S/C19H14N4O2/c24-19(20-16-12-7-13-17-18(16)22-25-21-17)23(14-8-3-1-4-9-14)15-10-5-2-6-11-15/h1-13H,(H,20,24). The van der Waals surface area contributed by atoms with E-state index < -0.39 is 0 Å². The van der Waals surface area contributed by atoms with E-state index in [-0.39, 0.29) is 6.03 Å². The minimum atomic E-state index is -0.298. The van der Waals surface area contributed by atoms with Gasteiger partial charge in [-0.2, -0.15) is 0 Å². The van der Waals surface area contributed by atoms with E-state index >= 15 is 0 Å². The molecule has 0 radical (unpaired) electrons. The van der Waals surface area contributed by atoms with E-state index in [1.165, 1.54) is 0 Å². The van der Waals surface area contributed by atoms with Crippen LogP contribution in [0.1, 0.15) is 0 Å². The van der Waals surface area contributed by atoms with Crippen LogP contribution in [0.3, 0.4) is 0 Å². The van der Waals surface area contributed by atoms with Gasteiger partial charge in [0.05, 0.1) is 17.1 Å². The van der Waals surface area contributed by atoms with Crippen molar-refractivity contribution in [3.8, 4) is 0 Å². The number of hydrogen-bond donors (Lipinski definition) is 1. The van der Waals surface area contributed by atoms with Gasteiger partial charge in [0, 0.05) is 0 Å². The normalized spacial score (nSPS) is 10.6. The van der Waals surface area contributed by atoms with Gasteiger partial charge in [-0.3, -0.25) is 4.90 Å². The Morgan fingerprint density at radius 3 is 2.08 bits per heavy atom. The fraction of sp³-hybridized carbons (Fsp3) is 0. The Morgan fingerprint density at radius 2 is 1.44 bits per heavy atom. The van der Waals surface area contributed by atoms with E-state index in [0.29, 0.717) is 16.7 Å². The van der Waals surface area contributed by atoms with Crippen molar-refractivity contribution in [3.63, 3.8) is 0 Å². The van der Waals surface area contributed by atoms with Crippen LogP contribution in [-0.2, 0) is 0 Å². The van der Waals surface area contributed by atoms with Crippen LogP contribution >= 0.6 is 0 Å². The maximum Gasteiger partial charge on any atom is 0.331 e. The number of carbonyl (C=O) groups is 1. The van der Waals surface area contributed by atoms with Crippen LogP contribution in [0, 0.1) is 0 Å². The van der Waals surface area contributed by atoms with Crippen molar-refractivity contribution in [2.75, 3.05) is 10.2 Å². The molecule has 0 bridgehead atoms. The van der Waals surface area contributed by atoms with Crippen LogP contribution in [0.15, 0.2) is 83.5 Å². The number of anilines is 3. The third kappa shape index (κ3) is 2.92. The Labute approximate surface area is 143 Å². The zero-order valence-electron chi connectivity index (χ0n) is 13.2. The minimum absolute atomic E-state index is 0.298. The number of amides is 2. The summed E-state index contributed by atoms with van der Waals surface area (Å²) in [6.07, 6.45) is 0. The lowest BCUT2D eigenvalue weighted by Crippen LogP contribution is -2.30. The number of rotatable bonds is 3. The number of hydrogen-bond acceptors (Lipinski definition) is 4. The average molecular weight is 330 g/mol. The molecule has 4 aromatic rings. The molecule has 122 valence electrons. The molecule has 0 aliphatic carbocycles. The summed E-state index contributed by atoms with van der Waals surface area (Å²) in [5.41, 5.74) is 3.16. The van der Waals surface area contributed by atoms with E-state index in [0.717, 1.165) is 11.4 Å². The molecule has 0 atom stereocenters. The molecule has 25 heavy (non-hydrogen) atoms. The van der Waals surface area contributed by atoms with Gasteiger partial charge in [-0.05, 0) is 46.7 Å². The maximum absolute atomic E-state index is 13.0. The van der Waals surface area contributed by atoms with Gasteiger partial charge < -0.3 is 5.32 Å². The van der Waals surface area contributed by atoms with Crippen molar-refractivity contribution in [2.45, 2.75) is 0 Å². The highest BCUT2D eigenvalue weighted by Crippen LogP contribution is 2.27. The lowest BCUT2D eigenvalue weighted by Gasteiger charge is -2.23. The Hall–Kier alpha value is -3.67. The third-order valence-corrected chi connectivity index (χ3v) is 3.76.